The van der Waals surface area contributed by atoms with Crippen LogP contribution in [0.1, 0.15) is 42.2 Å². The molecule has 0 saturated carbocycles. The van der Waals surface area contributed by atoms with Crippen LogP contribution in [0.3, 0.4) is 0 Å². The second kappa shape index (κ2) is 7.60. The van der Waals surface area contributed by atoms with Gasteiger partial charge in [0.1, 0.15) is 12.4 Å². The maximum Gasteiger partial charge on any atom is 0.338 e. The van der Waals surface area contributed by atoms with Gasteiger partial charge in [-0.25, -0.2) is 14.1 Å². The standard InChI is InChI=1S/C23H13FN2O4/c24-20-10-5-14(12-25)11-16(20)13-30-23(29)15-6-8-17(9-7-15)26-21(27)18-3-1-2-4-19(18)22(26)28/h1-11H,13H2. The molecule has 0 aliphatic carbocycles. The van der Waals surface area contributed by atoms with Crippen LogP contribution in [0.25, 0.3) is 0 Å². The molecule has 4 rings (SSSR count). The minimum Gasteiger partial charge on any atom is -0.457 e. The SMILES string of the molecule is N#Cc1ccc(F)c(COC(=O)c2ccc(N3C(=O)c4ccccc4C3=O)cc2)c1. The average molecular weight is 400 g/mol. The molecule has 0 N–H and O–H groups in total. The van der Waals surface area contributed by atoms with Crippen molar-refractivity contribution in [2.75, 3.05) is 4.90 Å². The van der Waals surface area contributed by atoms with Crippen molar-refractivity contribution in [3.63, 3.8) is 0 Å². The number of hydrogen-bond donors (Lipinski definition) is 0. The molecule has 0 bridgehead atoms. The van der Waals surface area contributed by atoms with Crippen molar-refractivity contribution in [2.24, 2.45) is 0 Å². The van der Waals surface area contributed by atoms with Crippen LogP contribution in [0.15, 0.2) is 66.7 Å². The summed E-state index contributed by atoms with van der Waals surface area (Å²) >= 11 is 0. The highest BCUT2D eigenvalue weighted by molar-refractivity contribution is 6.34. The number of carbonyl (C=O) groups is 3. The number of halogens is 1. The van der Waals surface area contributed by atoms with Gasteiger partial charge in [-0.1, -0.05) is 12.1 Å². The van der Waals surface area contributed by atoms with E-state index in [0.29, 0.717) is 16.8 Å². The predicted molar refractivity (Wildman–Crippen MR) is 104 cm³/mol. The largest absolute Gasteiger partial charge is 0.457 e. The van der Waals surface area contributed by atoms with Gasteiger partial charge >= 0.3 is 5.97 Å². The molecule has 0 aromatic heterocycles. The van der Waals surface area contributed by atoms with E-state index < -0.39 is 23.6 Å². The zero-order valence-electron chi connectivity index (χ0n) is 15.5. The lowest BCUT2D eigenvalue weighted by atomic mass is 10.1. The molecule has 1 aliphatic rings. The van der Waals surface area contributed by atoms with Crippen molar-refractivity contribution in [3.05, 3.63) is 100 Å². The number of imide groups is 1. The molecule has 3 aromatic carbocycles. The summed E-state index contributed by atoms with van der Waals surface area (Å²) in [5.74, 6) is -2.15. The van der Waals surface area contributed by atoms with E-state index >= 15 is 0 Å². The number of anilines is 1. The fourth-order valence-electron chi connectivity index (χ4n) is 3.15. The Balaban J connectivity index is 1.48. The molecule has 0 fully saturated rings. The van der Waals surface area contributed by atoms with Crippen LogP contribution >= 0.6 is 0 Å². The number of carbonyl (C=O) groups excluding carboxylic acids is 3. The summed E-state index contributed by atoms with van der Waals surface area (Å²) in [4.78, 5) is 38.4. The first kappa shape index (κ1) is 19.0. The van der Waals surface area contributed by atoms with E-state index in [0.717, 1.165) is 11.0 Å². The Morgan fingerprint density at radius 2 is 1.60 bits per heavy atom. The molecule has 146 valence electrons. The number of amides is 2. The van der Waals surface area contributed by atoms with E-state index in [9.17, 15) is 18.8 Å². The summed E-state index contributed by atoms with van der Waals surface area (Å²) < 4.78 is 18.9. The van der Waals surface area contributed by atoms with Crippen LogP contribution in [0.5, 0.6) is 0 Å². The number of esters is 1. The van der Waals surface area contributed by atoms with Crippen molar-refractivity contribution < 1.29 is 23.5 Å². The van der Waals surface area contributed by atoms with Gasteiger partial charge in [0.05, 0.1) is 34.0 Å². The minimum atomic E-state index is -0.703. The number of nitriles is 1. The average Bonchev–Trinajstić information content (AvgIpc) is 3.03. The summed E-state index contributed by atoms with van der Waals surface area (Å²) in [6, 6.07) is 18.0. The molecule has 3 aromatic rings. The lowest BCUT2D eigenvalue weighted by Crippen LogP contribution is -2.29. The number of rotatable bonds is 4. The van der Waals surface area contributed by atoms with Gasteiger partial charge in [0.25, 0.3) is 11.8 Å². The lowest BCUT2D eigenvalue weighted by Gasteiger charge is -2.14. The van der Waals surface area contributed by atoms with Crippen molar-refractivity contribution in [1.82, 2.24) is 0 Å². The fourth-order valence-corrected chi connectivity index (χ4v) is 3.15. The Labute approximate surface area is 170 Å². The third-order valence-electron chi connectivity index (χ3n) is 4.69. The highest BCUT2D eigenvalue weighted by Crippen LogP contribution is 2.28. The lowest BCUT2D eigenvalue weighted by molar-refractivity contribution is 0.0468. The van der Waals surface area contributed by atoms with Gasteiger partial charge in [0.2, 0.25) is 0 Å². The van der Waals surface area contributed by atoms with Crippen molar-refractivity contribution in [1.29, 1.82) is 5.26 Å². The van der Waals surface area contributed by atoms with E-state index in [4.69, 9.17) is 10.00 Å². The maximum absolute atomic E-state index is 13.8. The van der Waals surface area contributed by atoms with Gasteiger partial charge in [-0.3, -0.25) is 9.59 Å². The van der Waals surface area contributed by atoms with Gasteiger partial charge in [-0.15, -0.1) is 0 Å². The molecule has 0 atom stereocenters. The van der Waals surface area contributed by atoms with Crippen LogP contribution in [0.4, 0.5) is 10.1 Å². The molecule has 30 heavy (non-hydrogen) atoms. The number of benzene rings is 3. The van der Waals surface area contributed by atoms with E-state index in [1.165, 1.54) is 36.4 Å². The van der Waals surface area contributed by atoms with Crippen LogP contribution in [-0.4, -0.2) is 17.8 Å². The molecule has 7 heteroatoms. The Morgan fingerprint density at radius 3 is 2.20 bits per heavy atom. The zero-order chi connectivity index (χ0) is 21.3. The molecule has 6 nitrogen and oxygen atoms in total. The quantitative estimate of drug-likeness (QED) is 0.490. The van der Waals surface area contributed by atoms with E-state index in [2.05, 4.69) is 0 Å². The van der Waals surface area contributed by atoms with Gasteiger partial charge < -0.3 is 4.74 Å². The molecule has 1 heterocycles. The molecule has 0 spiro atoms. The fraction of sp³-hybridized carbons (Fsp3) is 0.0435. The summed E-state index contributed by atoms with van der Waals surface area (Å²) in [6.07, 6.45) is 0. The minimum absolute atomic E-state index is 0.0880. The van der Waals surface area contributed by atoms with E-state index in [-0.39, 0.29) is 23.3 Å². The normalized spacial score (nSPS) is 12.5. The van der Waals surface area contributed by atoms with Gasteiger partial charge in [-0.05, 0) is 54.6 Å². The molecule has 2 amide bonds. The van der Waals surface area contributed by atoms with E-state index in [1.807, 2.05) is 6.07 Å². The number of hydrogen-bond acceptors (Lipinski definition) is 5. The molecule has 0 saturated heterocycles. The zero-order valence-corrected chi connectivity index (χ0v) is 15.5. The third-order valence-corrected chi connectivity index (χ3v) is 4.69. The number of nitrogens with zero attached hydrogens (tertiary/aromatic N) is 2. The highest BCUT2D eigenvalue weighted by Gasteiger charge is 2.36. The summed E-state index contributed by atoms with van der Waals surface area (Å²) in [7, 11) is 0. The van der Waals surface area contributed by atoms with E-state index in [1.54, 1.807) is 24.3 Å². The summed E-state index contributed by atoms with van der Waals surface area (Å²) in [5.41, 5.74) is 1.50. The first-order chi connectivity index (χ1) is 14.5. The molecule has 1 aliphatic heterocycles. The molecular weight excluding hydrogens is 387 g/mol. The number of fused-ring (bicyclic) bond motifs is 1. The van der Waals surface area contributed by atoms with Crippen molar-refractivity contribution in [3.8, 4) is 6.07 Å². The smallest absolute Gasteiger partial charge is 0.338 e. The Bertz CT molecular complexity index is 1190. The maximum atomic E-state index is 13.8. The van der Waals surface area contributed by atoms with Crippen LogP contribution in [-0.2, 0) is 11.3 Å². The van der Waals surface area contributed by atoms with Crippen LogP contribution in [0.2, 0.25) is 0 Å². The first-order valence-electron chi connectivity index (χ1n) is 8.93. The Kier molecular flexibility index (Phi) is 4.82. The van der Waals surface area contributed by atoms with Gasteiger partial charge in [0.15, 0.2) is 0 Å². The van der Waals surface area contributed by atoms with Gasteiger partial charge in [0, 0.05) is 5.56 Å². The monoisotopic (exact) mass is 400 g/mol. The third kappa shape index (κ3) is 3.31. The van der Waals surface area contributed by atoms with Gasteiger partial charge in [-0.2, -0.15) is 5.26 Å². The number of ether oxygens (including phenoxy) is 1. The second-order valence-electron chi connectivity index (χ2n) is 6.53. The molecule has 0 radical (unpaired) electrons. The molecular formula is C23H13FN2O4. The van der Waals surface area contributed by atoms with Crippen molar-refractivity contribution in [2.45, 2.75) is 6.61 Å². The predicted octanol–water partition coefficient (Wildman–Crippen LogP) is 3.85. The topological polar surface area (TPSA) is 87.5 Å². The van der Waals surface area contributed by atoms with Crippen LogP contribution < -0.4 is 4.90 Å². The second-order valence-corrected chi connectivity index (χ2v) is 6.53. The Hall–Kier alpha value is -4.31. The summed E-state index contributed by atoms with van der Waals surface area (Å²) in [6.45, 7) is -0.333. The summed E-state index contributed by atoms with van der Waals surface area (Å²) in [5, 5.41) is 8.89. The van der Waals surface area contributed by atoms with Crippen LogP contribution in [0, 0.1) is 17.1 Å². The highest BCUT2D eigenvalue weighted by atomic mass is 19.1. The molecule has 0 unspecified atom stereocenters. The van der Waals surface area contributed by atoms with Crippen molar-refractivity contribution >= 4 is 23.5 Å². The Morgan fingerprint density at radius 1 is 0.967 bits per heavy atom. The first-order valence-corrected chi connectivity index (χ1v) is 8.93.